The predicted octanol–water partition coefficient (Wildman–Crippen LogP) is 25.1. The molecule has 102 heavy (non-hydrogen) atoms. The first-order chi connectivity index (χ1) is 49.4. The first-order valence-corrected chi connectivity index (χ1v) is 46.0. The quantitative estimate of drug-likeness (QED) is 0.0222. The van der Waals surface area contributed by atoms with Gasteiger partial charge in [-0.05, 0) is 37.5 Å². The van der Waals surface area contributed by atoms with Crippen molar-refractivity contribution in [2.45, 2.75) is 458 Å². The molecular formula is C83H162O17P2. The minimum atomic E-state index is -4.96. The van der Waals surface area contributed by atoms with E-state index in [-0.39, 0.29) is 25.7 Å². The molecule has 0 aromatic heterocycles. The zero-order chi connectivity index (χ0) is 74.9. The molecule has 0 bridgehead atoms. The topological polar surface area (TPSA) is 237 Å². The molecule has 19 heteroatoms. The van der Waals surface area contributed by atoms with E-state index in [0.717, 1.165) is 108 Å². The molecule has 0 aliphatic heterocycles. The van der Waals surface area contributed by atoms with Gasteiger partial charge in [0.05, 0.1) is 26.4 Å². The van der Waals surface area contributed by atoms with Gasteiger partial charge in [0.2, 0.25) is 0 Å². The van der Waals surface area contributed by atoms with Gasteiger partial charge in [-0.15, -0.1) is 0 Å². The fourth-order valence-electron chi connectivity index (χ4n) is 12.9. The van der Waals surface area contributed by atoms with E-state index in [2.05, 4.69) is 41.5 Å². The Morgan fingerprint density at radius 1 is 0.284 bits per heavy atom. The molecule has 606 valence electrons. The second kappa shape index (κ2) is 74.5. The first-order valence-electron chi connectivity index (χ1n) is 43.0. The number of phosphoric acid groups is 2. The van der Waals surface area contributed by atoms with Crippen molar-refractivity contribution in [3.8, 4) is 0 Å². The van der Waals surface area contributed by atoms with E-state index in [1.54, 1.807) is 0 Å². The Hall–Kier alpha value is -1.94. The number of phosphoric ester groups is 2. The van der Waals surface area contributed by atoms with Crippen LogP contribution >= 0.6 is 15.6 Å². The van der Waals surface area contributed by atoms with E-state index in [9.17, 15) is 43.2 Å². The summed E-state index contributed by atoms with van der Waals surface area (Å²) in [4.78, 5) is 73.0. The van der Waals surface area contributed by atoms with Gasteiger partial charge in [-0.25, -0.2) is 9.13 Å². The van der Waals surface area contributed by atoms with Crippen molar-refractivity contribution >= 4 is 39.5 Å². The van der Waals surface area contributed by atoms with Crippen LogP contribution in [0.3, 0.4) is 0 Å². The maximum absolute atomic E-state index is 13.1. The number of carbonyl (C=O) groups excluding carboxylic acids is 4. The normalized spacial score (nSPS) is 14.1. The fraction of sp³-hybridized carbons (Fsp3) is 0.952. The first kappa shape index (κ1) is 100. The average Bonchev–Trinajstić information content (AvgIpc) is 0.915. The number of unbranched alkanes of at least 4 members (excludes halogenated alkanes) is 51. The van der Waals surface area contributed by atoms with Crippen LogP contribution in [-0.4, -0.2) is 96.7 Å². The minimum Gasteiger partial charge on any atom is -0.462 e. The van der Waals surface area contributed by atoms with Crippen molar-refractivity contribution in [2.75, 3.05) is 39.6 Å². The van der Waals surface area contributed by atoms with E-state index >= 15 is 0 Å². The van der Waals surface area contributed by atoms with Crippen molar-refractivity contribution in [2.24, 2.45) is 11.8 Å². The summed E-state index contributed by atoms with van der Waals surface area (Å²) in [5.41, 5.74) is 0. The molecule has 17 nitrogen and oxygen atoms in total. The van der Waals surface area contributed by atoms with Gasteiger partial charge in [0.25, 0.3) is 0 Å². The van der Waals surface area contributed by atoms with Gasteiger partial charge in [0.1, 0.15) is 19.3 Å². The van der Waals surface area contributed by atoms with Crippen LogP contribution in [0.1, 0.15) is 440 Å². The van der Waals surface area contributed by atoms with Crippen LogP contribution in [0.25, 0.3) is 0 Å². The van der Waals surface area contributed by atoms with E-state index < -0.39 is 97.5 Å². The van der Waals surface area contributed by atoms with Gasteiger partial charge in [-0.2, -0.15) is 0 Å². The Morgan fingerprint density at radius 3 is 0.745 bits per heavy atom. The van der Waals surface area contributed by atoms with Gasteiger partial charge in [-0.1, -0.05) is 388 Å². The lowest BCUT2D eigenvalue weighted by atomic mass is 10.00. The van der Waals surface area contributed by atoms with Gasteiger partial charge >= 0.3 is 39.5 Å². The second-order valence-corrected chi connectivity index (χ2v) is 33.5. The molecule has 0 amide bonds. The number of rotatable bonds is 82. The molecule has 0 spiro atoms. The predicted molar refractivity (Wildman–Crippen MR) is 418 cm³/mol. The van der Waals surface area contributed by atoms with Crippen molar-refractivity contribution in [1.82, 2.24) is 0 Å². The zero-order valence-electron chi connectivity index (χ0n) is 66.9. The molecule has 0 heterocycles. The Labute approximate surface area is 626 Å². The smallest absolute Gasteiger partial charge is 0.462 e. The van der Waals surface area contributed by atoms with E-state index in [1.807, 2.05) is 0 Å². The number of carbonyl (C=O) groups is 4. The average molecular weight is 1490 g/mol. The molecule has 0 aromatic carbocycles. The van der Waals surface area contributed by atoms with Crippen LogP contribution in [-0.2, 0) is 65.4 Å². The van der Waals surface area contributed by atoms with Crippen LogP contribution in [0.15, 0.2) is 0 Å². The molecular weight excluding hydrogens is 1330 g/mol. The van der Waals surface area contributed by atoms with E-state index in [0.29, 0.717) is 25.7 Å². The summed E-state index contributed by atoms with van der Waals surface area (Å²) in [5.74, 6) is -0.564. The third-order valence-corrected chi connectivity index (χ3v) is 21.7. The van der Waals surface area contributed by atoms with Gasteiger partial charge in [0.15, 0.2) is 12.2 Å². The van der Waals surface area contributed by atoms with Crippen LogP contribution < -0.4 is 0 Å². The molecule has 0 fully saturated rings. The maximum Gasteiger partial charge on any atom is 0.472 e. The number of esters is 4. The van der Waals surface area contributed by atoms with Crippen molar-refractivity contribution in [3.05, 3.63) is 0 Å². The SMILES string of the molecule is CCCCCCCCCCCCCCCCCCCCCCCC(=O)O[C@H](COC(=O)CCCCCCCCCCCCCCCCCCC(C)C)COP(=O)(O)OC[C@@H](O)COP(=O)(O)OC[C@@H](COC(=O)CCCCCCCCC(C)CC)OC(=O)CCCCCCCCCCCCCC. The Morgan fingerprint density at radius 2 is 0.500 bits per heavy atom. The highest BCUT2D eigenvalue weighted by Gasteiger charge is 2.30. The molecule has 0 rings (SSSR count). The van der Waals surface area contributed by atoms with Crippen molar-refractivity contribution in [3.63, 3.8) is 0 Å². The van der Waals surface area contributed by atoms with Gasteiger partial charge < -0.3 is 33.8 Å². The van der Waals surface area contributed by atoms with Gasteiger partial charge in [-0.3, -0.25) is 37.3 Å². The van der Waals surface area contributed by atoms with E-state index in [1.165, 1.54) is 250 Å². The molecule has 0 saturated carbocycles. The Kier molecular flexibility index (Phi) is 73.1. The number of ether oxygens (including phenoxy) is 4. The highest BCUT2D eigenvalue weighted by atomic mass is 31.2. The summed E-state index contributed by atoms with van der Waals surface area (Å²) < 4.78 is 68.7. The number of hydrogen-bond acceptors (Lipinski definition) is 15. The summed E-state index contributed by atoms with van der Waals surface area (Å²) in [6, 6.07) is 0. The van der Waals surface area contributed by atoms with Crippen LogP contribution in [0.5, 0.6) is 0 Å². The second-order valence-electron chi connectivity index (χ2n) is 30.6. The number of hydrogen-bond donors (Lipinski definition) is 3. The highest BCUT2D eigenvalue weighted by molar-refractivity contribution is 7.47. The summed E-state index contributed by atoms with van der Waals surface area (Å²) >= 11 is 0. The molecule has 3 unspecified atom stereocenters. The monoisotopic (exact) mass is 1490 g/mol. The highest BCUT2D eigenvalue weighted by Crippen LogP contribution is 2.45. The summed E-state index contributed by atoms with van der Waals surface area (Å²) in [5, 5.41) is 10.6. The Bertz CT molecular complexity index is 1960. The molecule has 0 aliphatic rings. The standard InChI is InChI=1S/C83H162O17P2/c1-7-10-12-14-16-18-20-22-23-24-25-26-27-28-33-36-40-44-48-56-62-68-83(88)99-78(71-93-80(85)65-59-53-46-42-39-35-32-30-29-31-34-37-41-45-51-57-63-75(4)5)73-97-101(89,90)95-69-77(84)70-96-102(91,92)98-74-79(72-94-81(86)66-60-54-50-49-52-58-64-76(6)9-3)100-82(87)67-61-55-47-43-38-21-19-17-15-13-11-8-2/h75-79,84H,7-74H2,1-6H3,(H,89,90)(H,91,92)/t76?,77-,78-,79-/m1/s1. The molecule has 0 radical (unpaired) electrons. The van der Waals surface area contributed by atoms with Crippen LogP contribution in [0.4, 0.5) is 0 Å². The lowest BCUT2D eigenvalue weighted by Crippen LogP contribution is -2.30. The van der Waals surface area contributed by atoms with Crippen LogP contribution in [0.2, 0.25) is 0 Å². The van der Waals surface area contributed by atoms with Crippen LogP contribution in [0, 0.1) is 11.8 Å². The fourth-order valence-corrected chi connectivity index (χ4v) is 14.4. The number of aliphatic hydroxyl groups excluding tert-OH is 1. The molecule has 6 atom stereocenters. The molecule has 0 aromatic rings. The molecule has 3 N–H and O–H groups in total. The summed E-state index contributed by atoms with van der Waals surface area (Å²) in [6.45, 7) is 9.63. The van der Waals surface area contributed by atoms with Crippen molar-refractivity contribution in [1.29, 1.82) is 0 Å². The van der Waals surface area contributed by atoms with Crippen molar-refractivity contribution < 1.29 is 80.2 Å². The zero-order valence-corrected chi connectivity index (χ0v) is 68.7. The third kappa shape index (κ3) is 74.9. The summed E-state index contributed by atoms with van der Waals surface area (Å²) in [7, 11) is -9.92. The lowest BCUT2D eigenvalue weighted by molar-refractivity contribution is -0.161. The number of aliphatic hydroxyl groups is 1. The Balaban J connectivity index is 5.21. The maximum atomic E-state index is 13.1. The molecule has 0 aliphatic carbocycles. The third-order valence-electron chi connectivity index (χ3n) is 19.8. The minimum absolute atomic E-state index is 0.107. The van der Waals surface area contributed by atoms with E-state index in [4.69, 9.17) is 37.0 Å². The largest absolute Gasteiger partial charge is 0.472 e. The van der Waals surface area contributed by atoms with Gasteiger partial charge in [0, 0.05) is 25.7 Å². The summed E-state index contributed by atoms with van der Waals surface area (Å²) in [6.07, 6.45) is 65.4. The lowest BCUT2D eigenvalue weighted by Gasteiger charge is -2.21. The molecule has 0 saturated heterocycles.